The first-order valence-corrected chi connectivity index (χ1v) is 6.60. The van der Waals surface area contributed by atoms with E-state index in [0.717, 1.165) is 0 Å². The molecule has 0 atom stereocenters. The molecule has 0 fully saturated rings. The molecule has 1 amide bonds. The molecule has 1 aromatic heterocycles. The van der Waals surface area contributed by atoms with Crippen LogP contribution >= 0.6 is 0 Å². The molecule has 0 radical (unpaired) electrons. The number of primary amides is 1. The van der Waals surface area contributed by atoms with Gasteiger partial charge in [0.05, 0.1) is 6.10 Å². The molecule has 6 nitrogen and oxygen atoms in total. The van der Waals surface area contributed by atoms with Crippen molar-refractivity contribution in [3.63, 3.8) is 0 Å². The summed E-state index contributed by atoms with van der Waals surface area (Å²) >= 11 is 0. The minimum absolute atomic E-state index is 0.0147. The van der Waals surface area contributed by atoms with Crippen molar-refractivity contribution in [3.8, 4) is 11.5 Å². The highest BCUT2D eigenvalue weighted by molar-refractivity contribution is 5.93. The van der Waals surface area contributed by atoms with Crippen LogP contribution < -0.4 is 15.2 Å². The van der Waals surface area contributed by atoms with Crippen LogP contribution in [-0.2, 0) is 6.61 Å². The lowest BCUT2D eigenvalue weighted by Crippen LogP contribution is -2.12. The van der Waals surface area contributed by atoms with E-state index in [1.807, 2.05) is 13.8 Å². The molecule has 112 valence electrons. The molecular weight excluding hydrogens is 272 g/mol. The van der Waals surface area contributed by atoms with Crippen molar-refractivity contribution in [2.75, 3.05) is 0 Å². The zero-order valence-corrected chi connectivity index (χ0v) is 12.3. The van der Waals surface area contributed by atoms with Crippen LogP contribution in [0.1, 0.15) is 35.7 Å². The normalized spacial score (nSPS) is 10.7. The lowest BCUT2D eigenvalue weighted by Gasteiger charge is -2.13. The summed E-state index contributed by atoms with van der Waals surface area (Å²) in [4.78, 5) is 11.4. The second-order valence-electron chi connectivity index (χ2n) is 4.94. The van der Waals surface area contributed by atoms with E-state index in [4.69, 9.17) is 19.7 Å². The number of aryl methyl sites for hydroxylation is 1. The van der Waals surface area contributed by atoms with Crippen LogP contribution in [0.25, 0.3) is 0 Å². The molecule has 2 rings (SSSR count). The molecule has 0 bridgehead atoms. The number of nitrogens with two attached hydrogens (primary N) is 1. The van der Waals surface area contributed by atoms with Gasteiger partial charge in [-0.2, -0.15) is 0 Å². The monoisotopic (exact) mass is 290 g/mol. The van der Waals surface area contributed by atoms with E-state index in [9.17, 15) is 4.79 Å². The van der Waals surface area contributed by atoms with Crippen molar-refractivity contribution in [2.24, 2.45) is 5.73 Å². The maximum Gasteiger partial charge on any atom is 0.248 e. The van der Waals surface area contributed by atoms with Crippen LogP contribution in [-0.4, -0.2) is 17.2 Å². The van der Waals surface area contributed by atoms with E-state index in [-0.39, 0.29) is 12.7 Å². The van der Waals surface area contributed by atoms with Crippen molar-refractivity contribution in [3.05, 3.63) is 41.3 Å². The predicted octanol–water partition coefficient (Wildman–Crippen LogP) is 2.45. The van der Waals surface area contributed by atoms with Crippen LogP contribution in [0.3, 0.4) is 0 Å². The summed E-state index contributed by atoms with van der Waals surface area (Å²) in [6.45, 7) is 5.84. The van der Waals surface area contributed by atoms with E-state index in [1.54, 1.807) is 31.2 Å². The van der Waals surface area contributed by atoms with E-state index < -0.39 is 5.91 Å². The smallest absolute Gasteiger partial charge is 0.248 e. The first-order chi connectivity index (χ1) is 9.94. The Hall–Kier alpha value is -2.50. The number of hydrogen-bond acceptors (Lipinski definition) is 5. The van der Waals surface area contributed by atoms with E-state index in [0.29, 0.717) is 28.5 Å². The largest absolute Gasteiger partial charge is 0.491 e. The van der Waals surface area contributed by atoms with Crippen LogP contribution in [0, 0.1) is 6.92 Å². The molecular formula is C15H18N2O4. The van der Waals surface area contributed by atoms with Crippen molar-refractivity contribution < 1.29 is 18.8 Å². The van der Waals surface area contributed by atoms with E-state index in [2.05, 4.69) is 5.16 Å². The lowest BCUT2D eigenvalue weighted by molar-refractivity contribution is 0.0999. The number of amides is 1. The average molecular weight is 290 g/mol. The van der Waals surface area contributed by atoms with Gasteiger partial charge in [0.2, 0.25) is 5.91 Å². The Balaban J connectivity index is 2.16. The topological polar surface area (TPSA) is 87.6 Å². The minimum atomic E-state index is -0.536. The van der Waals surface area contributed by atoms with Gasteiger partial charge in [-0.05, 0) is 32.9 Å². The Morgan fingerprint density at radius 3 is 2.57 bits per heavy atom. The molecule has 0 spiro atoms. The Morgan fingerprint density at radius 2 is 2.00 bits per heavy atom. The molecule has 0 aliphatic heterocycles. The van der Waals surface area contributed by atoms with E-state index in [1.165, 1.54) is 0 Å². The molecule has 6 heteroatoms. The summed E-state index contributed by atoms with van der Waals surface area (Å²) in [5, 5.41) is 3.84. The molecule has 1 aromatic carbocycles. The van der Waals surface area contributed by atoms with Crippen LogP contribution in [0.5, 0.6) is 11.5 Å². The van der Waals surface area contributed by atoms with Gasteiger partial charge in [0.25, 0.3) is 0 Å². The third kappa shape index (κ3) is 4.24. The molecule has 2 aromatic rings. The Morgan fingerprint density at radius 1 is 1.29 bits per heavy atom. The molecule has 0 aliphatic rings. The maximum atomic E-state index is 11.4. The lowest BCUT2D eigenvalue weighted by atomic mass is 10.2. The second kappa shape index (κ2) is 6.30. The quantitative estimate of drug-likeness (QED) is 0.882. The first kappa shape index (κ1) is 14.9. The number of nitrogens with zero attached hydrogens (tertiary/aromatic N) is 1. The van der Waals surface area contributed by atoms with Crippen LogP contribution in [0.4, 0.5) is 0 Å². The highest BCUT2D eigenvalue weighted by Gasteiger charge is 2.09. The summed E-state index contributed by atoms with van der Waals surface area (Å²) in [5.41, 5.74) is 6.32. The van der Waals surface area contributed by atoms with Gasteiger partial charge in [-0.1, -0.05) is 5.16 Å². The fourth-order valence-electron chi connectivity index (χ4n) is 1.78. The first-order valence-electron chi connectivity index (χ1n) is 6.60. The van der Waals surface area contributed by atoms with Gasteiger partial charge in [0.15, 0.2) is 0 Å². The number of carbonyl (C=O) groups is 1. The summed E-state index contributed by atoms with van der Waals surface area (Å²) < 4.78 is 16.2. The maximum absolute atomic E-state index is 11.4. The Bertz CT molecular complexity index is 634. The Kier molecular flexibility index (Phi) is 4.47. The third-order valence-corrected chi connectivity index (χ3v) is 2.60. The second-order valence-corrected chi connectivity index (χ2v) is 4.94. The molecule has 2 N–H and O–H groups in total. The van der Waals surface area contributed by atoms with Gasteiger partial charge in [0.1, 0.15) is 29.6 Å². The number of carbonyl (C=O) groups excluding carboxylic acids is 1. The molecule has 0 aliphatic carbocycles. The molecule has 1 heterocycles. The summed E-state index contributed by atoms with van der Waals surface area (Å²) in [5.74, 6) is 1.20. The van der Waals surface area contributed by atoms with Crippen molar-refractivity contribution in [1.29, 1.82) is 0 Å². The fourth-order valence-corrected chi connectivity index (χ4v) is 1.78. The average Bonchev–Trinajstić information content (AvgIpc) is 2.81. The van der Waals surface area contributed by atoms with Crippen LogP contribution in [0.15, 0.2) is 28.8 Å². The van der Waals surface area contributed by atoms with Gasteiger partial charge in [0, 0.05) is 17.7 Å². The fraction of sp³-hybridized carbons (Fsp3) is 0.333. The number of hydrogen-bond donors (Lipinski definition) is 1. The highest BCUT2D eigenvalue weighted by atomic mass is 16.5. The summed E-state index contributed by atoms with van der Waals surface area (Å²) in [6.07, 6.45) is -0.0147. The van der Waals surface area contributed by atoms with Gasteiger partial charge < -0.3 is 19.7 Å². The number of benzene rings is 1. The van der Waals surface area contributed by atoms with Crippen molar-refractivity contribution >= 4 is 5.91 Å². The highest BCUT2D eigenvalue weighted by Crippen LogP contribution is 2.24. The summed E-state index contributed by atoms with van der Waals surface area (Å²) in [7, 11) is 0. The SMILES string of the molecule is Cc1cc(COc2cc(OC(C)C)cc(C(N)=O)c2)no1. The van der Waals surface area contributed by atoms with Gasteiger partial charge >= 0.3 is 0 Å². The minimum Gasteiger partial charge on any atom is -0.491 e. The molecule has 21 heavy (non-hydrogen) atoms. The zero-order valence-electron chi connectivity index (χ0n) is 12.3. The Labute approximate surface area is 122 Å². The van der Waals surface area contributed by atoms with Gasteiger partial charge in [-0.25, -0.2) is 0 Å². The zero-order chi connectivity index (χ0) is 15.4. The molecule has 0 saturated heterocycles. The van der Waals surface area contributed by atoms with Crippen molar-refractivity contribution in [2.45, 2.75) is 33.5 Å². The molecule has 0 saturated carbocycles. The van der Waals surface area contributed by atoms with Crippen molar-refractivity contribution in [1.82, 2.24) is 5.16 Å². The molecule has 0 unspecified atom stereocenters. The predicted molar refractivity (Wildman–Crippen MR) is 76.3 cm³/mol. The van der Waals surface area contributed by atoms with Crippen LogP contribution in [0.2, 0.25) is 0 Å². The van der Waals surface area contributed by atoms with E-state index >= 15 is 0 Å². The number of ether oxygens (including phenoxy) is 2. The number of rotatable bonds is 6. The van der Waals surface area contributed by atoms with Gasteiger partial charge in [-0.15, -0.1) is 0 Å². The number of aromatic nitrogens is 1. The summed E-state index contributed by atoms with van der Waals surface area (Å²) in [6, 6.07) is 6.65. The van der Waals surface area contributed by atoms with Gasteiger partial charge in [-0.3, -0.25) is 4.79 Å². The standard InChI is InChI=1S/C15H18N2O4/c1-9(2)20-14-6-11(15(16)18)5-13(7-14)19-8-12-4-10(3)21-17-12/h4-7,9H,8H2,1-3H3,(H2,16,18). The third-order valence-electron chi connectivity index (χ3n) is 2.60.